The van der Waals surface area contributed by atoms with Gasteiger partial charge in [-0.1, -0.05) is 19.9 Å². The zero-order valence-corrected chi connectivity index (χ0v) is 12.5. The number of β-lactam (4-membered cyclic amide) rings is 1. The number of hydrogen-bond acceptors (Lipinski definition) is 4. The predicted octanol–water partition coefficient (Wildman–Crippen LogP) is 0.921. The smallest absolute Gasteiger partial charge is 0.327 e. The number of hydrogen-bond donors (Lipinski definition) is 2. The van der Waals surface area contributed by atoms with Crippen molar-refractivity contribution in [3.63, 3.8) is 0 Å². The van der Waals surface area contributed by atoms with Crippen LogP contribution in [-0.2, 0) is 9.59 Å². The highest BCUT2D eigenvalue weighted by Crippen LogP contribution is 2.50. The molecule has 0 aromatic carbocycles. The number of amides is 1. The number of pyridine rings is 1. The molecule has 3 heterocycles. The largest absolute Gasteiger partial charge is 0.480 e. The van der Waals surface area contributed by atoms with Crippen molar-refractivity contribution in [1.82, 2.24) is 9.88 Å². The van der Waals surface area contributed by atoms with Gasteiger partial charge in [-0.2, -0.15) is 0 Å². The molecule has 6 nitrogen and oxygen atoms in total. The lowest BCUT2D eigenvalue weighted by atomic mass is 9.82. The Balaban J connectivity index is 2.04. The normalized spacial score (nSPS) is 28.1. The van der Waals surface area contributed by atoms with Gasteiger partial charge in [0.15, 0.2) is 0 Å². The van der Waals surface area contributed by atoms with Crippen LogP contribution in [0.3, 0.4) is 0 Å². The number of aliphatic hydroxyl groups excluding tert-OH is 1. The van der Waals surface area contributed by atoms with Crippen LogP contribution in [0.4, 0.5) is 0 Å². The Hall–Kier alpha value is -2.21. The van der Waals surface area contributed by atoms with Gasteiger partial charge in [0, 0.05) is 17.3 Å². The molecule has 1 aromatic rings. The first-order valence-electron chi connectivity index (χ1n) is 7.19. The van der Waals surface area contributed by atoms with Crippen LogP contribution in [-0.4, -0.2) is 50.7 Å². The van der Waals surface area contributed by atoms with Gasteiger partial charge in [-0.05, 0) is 24.0 Å². The van der Waals surface area contributed by atoms with Crippen molar-refractivity contribution in [3.8, 4) is 0 Å². The van der Waals surface area contributed by atoms with Gasteiger partial charge in [0.05, 0.1) is 18.3 Å². The van der Waals surface area contributed by atoms with Gasteiger partial charge in [-0.3, -0.25) is 9.78 Å². The first-order valence-corrected chi connectivity index (χ1v) is 7.19. The van der Waals surface area contributed by atoms with E-state index in [1.807, 2.05) is 13.8 Å². The first-order chi connectivity index (χ1) is 10.4. The summed E-state index contributed by atoms with van der Waals surface area (Å²) >= 11 is 0. The van der Waals surface area contributed by atoms with E-state index in [0.717, 1.165) is 0 Å². The Morgan fingerprint density at radius 3 is 2.73 bits per heavy atom. The number of carboxylic acids is 1. The van der Waals surface area contributed by atoms with Crippen molar-refractivity contribution in [2.45, 2.75) is 32.4 Å². The number of carboxylic acid groups (broad SMARTS) is 1. The maximum Gasteiger partial charge on any atom is 0.327 e. The number of aliphatic hydroxyl groups is 1. The third-order valence-corrected chi connectivity index (χ3v) is 4.56. The van der Waals surface area contributed by atoms with Crippen molar-refractivity contribution < 1.29 is 19.8 Å². The summed E-state index contributed by atoms with van der Waals surface area (Å²) < 4.78 is 0. The van der Waals surface area contributed by atoms with Crippen molar-refractivity contribution in [2.75, 3.05) is 6.61 Å². The molecule has 2 fully saturated rings. The Morgan fingerprint density at radius 2 is 2.18 bits per heavy atom. The third-order valence-electron chi connectivity index (χ3n) is 4.56. The minimum Gasteiger partial charge on any atom is -0.480 e. The van der Waals surface area contributed by atoms with E-state index in [2.05, 4.69) is 4.98 Å². The maximum absolute atomic E-state index is 12.5. The molecule has 3 rings (SSSR count). The fourth-order valence-corrected chi connectivity index (χ4v) is 3.61. The van der Waals surface area contributed by atoms with Gasteiger partial charge >= 0.3 is 5.97 Å². The van der Waals surface area contributed by atoms with E-state index in [-0.39, 0.29) is 18.6 Å². The Morgan fingerprint density at radius 1 is 1.45 bits per heavy atom. The maximum atomic E-state index is 12.5. The fourth-order valence-electron chi connectivity index (χ4n) is 3.61. The summed E-state index contributed by atoms with van der Waals surface area (Å²) in [5.74, 6) is -1.29. The van der Waals surface area contributed by atoms with Gasteiger partial charge in [-0.25, -0.2) is 4.79 Å². The van der Waals surface area contributed by atoms with E-state index in [1.54, 1.807) is 24.4 Å². The van der Waals surface area contributed by atoms with Crippen molar-refractivity contribution in [3.05, 3.63) is 35.7 Å². The molecular formula is C16H18N2O4. The molecule has 116 valence electrons. The molecule has 22 heavy (non-hydrogen) atoms. The van der Waals surface area contributed by atoms with Crippen molar-refractivity contribution in [1.29, 1.82) is 0 Å². The summed E-state index contributed by atoms with van der Waals surface area (Å²) in [5, 5.41) is 19.1. The highest BCUT2D eigenvalue weighted by Gasteiger charge is 2.61. The Bertz CT molecular complexity index is 666. The number of carbonyl (C=O) groups is 2. The molecule has 1 amide bonds. The SMILES string of the molecule is CC1(C)CC2/C(=C(/CO)c3ccccn3)C(=O)N2[C@H]1C(=O)O. The van der Waals surface area contributed by atoms with Gasteiger partial charge in [-0.15, -0.1) is 0 Å². The summed E-state index contributed by atoms with van der Waals surface area (Å²) in [4.78, 5) is 29.6. The summed E-state index contributed by atoms with van der Waals surface area (Å²) in [5.41, 5.74) is 1.05. The number of fused-ring (bicyclic) bond motifs is 1. The first kappa shape index (κ1) is 14.7. The van der Waals surface area contributed by atoms with Crippen molar-refractivity contribution in [2.24, 2.45) is 5.41 Å². The molecular weight excluding hydrogens is 284 g/mol. The van der Waals surface area contributed by atoms with E-state index < -0.39 is 17.4 Å². The lowest BCUT2D eigenvalue weighted by Gasteiger charge is -2.41. The van der Waals surface area contributed by atoms with Gasteiger partial charge in [0.25, 0.3) is 5.91 Å². The second kappa shape index (κ2) is 4.91. The average Bonchev–Trinajstić information content (AvgIpc) is 2.73. The molecule has 2 N–H and O–H groups in total. The standard InChI is InChI=1S/C16H18N2O4/c1-16(2)7-11-12(14(20)18(11)13(16)15(21)22)9(8-19)10-5-3-4-6-17-10/h3-6,11,13,19H,7-8H2,1-2H3,(H,21,22)/b12-9+/t11?,13-/m0/s1. The highest BCUT2D eigenvalue weighted by molar-refractivity contribution is 6.10. The molecule has 0 aliphatic carbocycles. The van der Waals surface area contributed by atoms with Crippen LogP contribution >= 0.6 is 0 Å². The lowest BCUT2D eigenvalue weighted by molar-refractivity contribution is -0.154. The Kier molecular flexibility index (Phi) is 3.29. The summed E-state index contributed by atoms with van der Waals surface area (Å²) in [6.45, 7) is 3.42. The van der Waals surface area contributed by atoms with Crippen LogP contribution in [0.5, 0.6) is 0 Å². The van der Waals surface area contributed by atoms with Crippen LogP contribution in [0.25, 0.3) is 5.57 Å². The molecule has 6 heteroatoms. The predicted molar refractivity (Wildman–Crippen MR) is 78.7 cm³/mol. The quantitative estimate of drug-likeness (QED) is 0.640. The average molecular weight is 302 g/mol. The number of nitrogens with zero attached hydrogens (tertiary/aromatic N) is 2. The van der Waals surface area contributed by atoms with E-state index in [0.29, 0.717) is 23.3 Å². The molecule has 0 spiro atoms. The molecule has 0 radical (unpaired) electrons. The third kappa shape index (κ3) is 1.94. The molecule has 2 saturated heterocycles. The number of carbonyl (C=O) groups excluding carboxylic acids is 1. The lowest BCUT2D eigenvalue weighted by Crippen LogP contribution is -2.58. The van der Waals surface area contributed by atoms with E-state index in [1.165, 1.54) is 4.90 Å². The van der Waals surface area contributed by atoms with Crippen LogP contribution in [0.1, 0.15) is 26.0 Å². The Labute approximate surface area is 128 Å². The monoisotopic (exact) mass is 302 g/mol. The minimum absolute atomic E-state index is 0.257. The second-order valence-corrected chi connectivity index (χ2v) is 6.43. The van der Waals surface area contributed by atoms with Gasteiger partial charge in [0.1, 0.15) is 6.04 Å². The van der Waals surface area contributed by atoms with Crippen LogP contribution in [0.15, 0.2) is 30.0 Å². The fraction of sp³-hybridized carbons (Fsp3) is 0.438. The second-order valence-electron chi connectivity index (χ2n) is 6.43. The molecule has 2 atom stereocenters. The highest BCUT2D eigenvalue weighted by atomic mass is 16.4. The minimum atomic E-state index is -0.983. The number of rotatable bonds is 3. The molecule has 2 aliphatic heterocycles. The van der Waals surface area contributed by atoms with E-state index >= 15 is 0 Å². The van der Waals surface area contributed by atoms with E-state index in [9.17, 15) is 19.8 Å². The molecule has 0 bridgehead atoms. The molecule has 2 aliphatic rings. The molecule has 0 saturated carbocycles. The summed E-state index contributed by atoms with van der Waals surface area (Å²) in [6.07, 6.45) is 2.17. The van der Waals surface area contributed by atoms with Gasteiger partial charge in [0.2, 0.25) is 0 Å². The molecule has 1 unspecified atom stereocenters. The zero-order chi connectivity index (χ0) is 16.1. The number of aliphatic carboxylic acids is 1. The van der Waals surface area contributed by atoms with Gasteiger partial charge < -0.3 is 15.1 Å². The topological polar surface area (TPSA) is 90.7 Å². The summed E-state index contributed by atoms with van der Waals surface area (Å²) in [7, 11) is 0. The zero-order valence-electron chi connectivity index (χ0n) is 12.5. The number of aromatic nitrogens is 1. The van der Waals surface area contributed by atoms with Crippen LogP contribution in [0, 0.1) is 5.41 Å². The van der Waals surface area contributed by atoms with Crippen LogP contribution < -0.4 is 0 Å². The molecule has 1 aromatic heterocycles. The van der Waals surface area contributed by atoms with E-state index in [4.69, 9.17) is 0 Å². The van der Waals surface area contributed by atoms with Crippen molar-refractivity contribution >= 4 is 17.4 Å². The van der Waals surface area contributed by atoms with Crippen LogP contribution in [0.2, 0.25) is 0 Å². The summed E-state index contributed by atoms with van der Waals surface area (Å²) in [6, 6.07) is 4.21.